The van der Waals surface area contributed by atoms with Crippen LogP contribution in [0.4, 0.5) is 0 Å². The van der Waals surface area contributed by atoms with Gasteiger partial charge in [-0.2, -0.15) is 0 Å². The average Bonchev–Trinajstić information content (AvgIpc) is 2.77. The van der Waals surface area contributed by atoms with E-state index in [1.807, 2.05) is 12.1 Å². The molecule has 0 bridgehead atoms. The third-order valence-electron chi connectivity index (χ3n) is 5.85. The van der Waals surface area contributed by atoms with Crippen molar-refractivity contribution < 1.29 is 4.79 Å². The van der Waals surface area contributed by atoms with E-state index < -0.39 is 0 Å². The molecule has 142 valence electrons. The topological polar surface area (TPSA) is 29.1 Å². The van der Waals surface area contributed by atoms with Crippen LogP contribution in [-0.2, 0) is 17.6 Å². The first-order chi connectivity index (χ1) is 13.8. The van der Waals surface area contributed by atoms with Gasteiger partial charge in [-0.1, -0.05) is 84.9 Å². The quantitative estimate of drug-likeness (QED) is 0.641. The first-order valence-electron chi connectivity index (χ1n) is 10.3. The molecule has 2 nitrogen and oxygen atoms in total. The molecule has 1 amide bonds. The number of rotatable bonds is 6. The van der Waals surface area contributed by atoms with Crippen LogP contribution in [0.3, 0.4) is 0 Å². The molecule has 1 N–H and O–H groups in total. The monoisotopic (exact) mass is 369 g/mol. The fourth-order valence-corrected chi connectivity index (χ4v) is 4.30. The molecule has 0 aromatic heterocycles. The van der Waals surface area contributed by atoms with Crippen LogP contribution in [-0.4, -0.2) is 12.5 Å². The number of carbonyl (C=O) groups is 1. The largest absolute Gasteiger partial charge is 0.356 e. The smallest absolute Gasteiger partial charge is 0.223 e. The highest BCUT2D eigenvalue weighted by atomic mass is 16.1. The van der Waals surface area contributed by atoms with Crippen molar-refractivity contribution in [1.29, 1.82) is 0 Å². The Morgan fingerprint density at radius 3 is 2.04 bits per heavy atom. The number of amides is 1. The summed E-state index contributed by atoms with van der Waals surface area (Å²) < 4.78 is 0. The lowest BCUT2D eigenvalue weighted by Crippen LogP contribution is -2.35. The molecule has 0 fully saturated rings. The highest BCUT2D eigenvalue weighted by molar-refractivity contribution is 5.79. The van der Waals surface area contributed by atoms with E-state index in [-0.39, 0.29) is 11.8 Å². The maximum Gasteiger partial charge on any atom is 0.223 e. The van der Waals surface area contributed by atoms with Gasteiger partial charge in [-0.05, 0) is 47.9 Å². The van der Waals surface area contributed by atoms with E-state index in [0.717, 1.165) is 25.7 Å². The van der Waals surface area contributed by atoms with Crippen LogP contribution in [0.5, 0.6) is 0 Å². The van der Waals surface area contributed by atoms with Crippen LogP contribution in [0.15, 0.2) is 84.9 Å². The first kappa shape index (κ1) is 18.5. The van der Waals surface area contributed by atoms with Crippen LogP contribution in [0.2, 0.25) is 0 Å². The zero-order valence-electron chi connectivity index (χ0n) is 16.2. The molecular weight excluding hydrogens is 342 g/mol. The Morgan fingerprint density at radius 2 is 1.39 bits per heavy atom. The highest BCUT2D eigenvalue weighted by Crippen LogP contribution is 2.28. The Kier molecular flexibility index (Phi) is 5.86. The average molecular weight is 370 g/mol. The third kappa shape index (κ3) is 4.33. The van der Waals surface area contributed by atoms with Crippen molar-refractivity contribution >= 4 is 5.91 Å². The van der Waals surface area contributed by atoms with Crippen molar-refractivity contribution in [3.63, 3.8) is 0 Å². The predicted molar refractivity (Wildman–Crippen MR) is 114 cm³/mol. The van der Waals surface area contributed by atoms with Gasteiger partial charge < -0.3 is 5.32 Å². The second kappa shape index (κ2) is 8.88. The molecule has 28 heavy (non-hydrogen) atoms. The molecular formula is C26H27NO. The lowest BCUT2D eigenvalue weighted by Gasteiger charge is -2.24. The zero-order valence-corrected chi connectivity index (χ0v) is 16.2. The summed E-state index contributed by atoms with van der Waals surface area (Å²) in [5.74, 6) is 0.603. The molecule has 4 rings (SSSR count). The van der Waals surface area contributed by atoms with Crippen molar-refractivity contribution in [3.8, 4) is 0 Å². The summed E-state index contributed by atoms with van der Waals surface area (Å²) in [6, 6.07) is 29.7. The Morgan fingerprint density at radius 1 is 0.821 bits per heavy atom. The summed E-state index contributed by atoms with van der Waals surface area (Å²) in [6.07, 6.45) is 3.72. The maximum atomic E-state index is 12.8. The van der Waals surface area contributed by atoms with Gasteiger partial charge in [0.05, 0.1) is 0 Å². The Labute approximate surface area is 167 Å². The fourth-order valence-electron chi connectivity index (χ4n) is 4.30. The summed E-state index contributed by atoms with van der Waals surface area (Å²) in [7, 11) is 0. The van der Waals surface area contributed by atoms with Crippen molar-refractivity contribution in [2.45, 2.75) is 31.6 Å². The molecule has 0 saturated heterocycles. The molecule has 1 aliphatic rings. The van der Waals surface area contributed by atoms with Crippen LogP contribution in [0.1, 0.15) is 41.0 Å². The van der Waals surface area contributed by atoms with Gasteiger partial charge in [0.25, 0.3) is 0 Å². The van der Waals surface area contributed by atoms with Gasteiger partial charge in [0.1, 0.15) is 0 Å². The van der Waals surface area contributed by atoms with Gasteiger partial charge in [0, 0.05) is 18.4 Å². The predicted octanol–water partition coefficient (Wildman–Crippen LogP) is 5.13. The molecule has 1 aliphatic carbocycles. The minimum atomic E-state index is 0.0989. The van der Waals surface area contributed by atoms with Gasteiger partial charge in [0.15, 0.2) is 0 Å². The molecule has 3 aromatic rings. The number of fused-ring (bicyclic) bond motifs is 1. The molecule has 0 saturated carbocycles. The molecule has 0 aliphatic heterocycles. The number of carbonyl (C=O) groups excluding carboxylic acids is 1. The molecule has 0 radical (unpaired) electrons. The van der Waals surface area contributed by atoms with E-state index in [0.29, 0.717) is 12.5 Å². The first-order valence-corrected chi connectivity index (χ1v) is 10.3. The summed E-state index contributed by atoms with van der Waals surface area (Å²) in [4.78, 5) is 12.8. The Bertz CT molecular complexity index is 864. The molecule has 0 heterocycles. The zero-order chi connectivity index (χ0) is 19.2. The van der Waals surface area contributed by atoms with Crippen molar-refractivity contribution in [2.75, 3.05) is 6.54 Å². The summed E-state index contributed by atoms with van der Waals surface area (Å²) in [6.45, 7) is 0.700. The maximum absolute atomic E-state index is 12.8. The van der Waals surface area contributed by atoms with Crippen LogP contribution in [0.25, 0.3) is 0 Å². The molecule has 2 heteroatoms. The number of aryl methyl sites for hydroxylation is 1. The van der Waals surface area contributed by atoms with Crippen LogP contribution in [0, 0.1) is 5.92 Å². The lowest BCUT2D eigenvalue weighted by molar-refractivity contribution is -0.125. The van der Waals surface area contributed by atoms with E-state index in [1.165, 1.54) is 22.3 Å². The summed E-state index contributed by atoms with van der Waals surface area (Å²) >= 11 is 0. The van der Waals surface area contributed by atoms with Gasteiger partial charge in [-0.3, -0.25) is 4.79 Å². The Hall–Kier alpha value is -2.87. The summed E-state index contributed by atoms with van der Waals surface area (Å²) in [5, 5.41) is 3.21. The normalized spacial score (nSPS) is 15.8. The van der Waals surface area contributed by atoms with E-state index in [2.05, 4.69) is 78.1 Å². The lowest BCUT2D eigenvalue weighted by atomic mass is 9.83. The number of hydrogen-bond acceptors (Lipinski definition) is 1. The van der Waals surface area contributed by atoms with E-state index in [1.54, 1.807) is 0 Å². The van der Waals surface area contributed by atoms with Crippen LogP contribution < -0.4 is 5.32 Å². The SMILES string of the molecule is O=C(NCCC(c1ccccc1)c1ccccc1)C1CCc2ccccc2C1. The standard InChI is InChI=1S/C26H27NO/c28-26(24-16-15-20-9-7-8-14-23(20)19-24)27-18-17-25(21-10-3-1-4-11-21)22-12-5-2-6-13-22/h1-14,24-25H,15-19H2,(H,27,28). The number of benzene rings is 3. The van der Waals surface area contributed by atoms with Gasteiger partial charge >= 0.3 is 0 Å². The second-order valence-corrected chi connectivity index (χ2v) is 7.66. The van der Waals surface area contributed by atoms with E-state index >= 15 is 0 Å². The third-order valence-corrected chi connectivity index (χ3v) is 5.85. The minimum absolute atomic E-state index is 0.0989. The van der Waals surface area contributed by atoms with Crippen LogP contribution >= 0.6 is 0 Å². The van der Waals surface area contributed by atoms with E-state index in [4.69, 9.17) is 0 Å². The van der Waals surface area contributed by atoms with Crippen molar-refractivity contribution in [3.05, 3.63) is 107 Å². The molecule has 3 aromatic carbocycles. The number of hydrogen-bond donors (Lipinski definition) is 1. The second-order valence-electron chi connectivity index (χ2n) is 7.66. The van der Waals surface area contributed by atoms with Crippen molar-refractivity contribution in [1.82, 2.24) is 5.32 Å². The highest BCUT2D eigenvalue weighted by Gasteiger charge is 2.24. The van der Waals surface area contributed by atoms with E-state index in [9.17, 15) is 4.79 Å². The van der Waals surface area contributed by atoms with Gasteiger partial charge in [-0.25, -0.2) is 0 Å². The summed E-state index contributed by atoms with van der Waals surface area (Å²) in [5.41, 5.74) is 5.34. The molecule has 1 atom stereocenters. The van der Waals surface area contributed by atoms with Gasteiger partial charge in [-0.15, -0.1) is 0 Å². The fraction of sp³-hybridized carbons (Fsp3) is 0.269. The van der Waals surface area contributed by atoms with Gasteiger partial charge in [0.2, 0.25) is 5.91 Å². The molecule has 0 spiro atoms. The Balaban J connectivity index is 1.38. The minimum Gasteiger partial charge on any atom is -0.356 e. The number of nitrogens with one attached hydrogen (secondary N) is 1. The molecule has 1 unspecified atom stereocenters. The van der Waals surface area contributed by atoms with Crippen molar-refractivity contribution in [2.24, 2.45) is 5.92 Å².